The number of aromatic amines is 1. The molecule has 3 nitrogen and oxygen atoms in total. The average Bonchev–Trinajstić information content (AvgIpc) is 2.76. The van der Waals surface area contributed by atoms with E-state index in [4.69, 9.17) is 5.11 Å². The molecule has 90 valence electrons. The SMILES string of the molecule is OCc1ncc(-c2ccccc2C(F)(F)F)[nH]1. The van der Waals surface area contributed by atoms with Gasteiger partial charge in [0.1, 0.15) is 12.4 Å². The van der Waals surface area contributed by atoms with Gasteiger partial charge in [-0.1, -0.05) is 18.2 Å². The summed E-state index contributed by atoms with van der Waals surface area (Å²) in [6.07, 6.45) is -3.14. The fourth-order valence-electron chi connectivity index (χ4n) is 1.54. The van der Waals surface area contributed by atoms with Crippen molar-refractivity contribution < 1.29 is 18.3 Å². The fraction of sp³-hybridized carbons (Fsp3) is 0.182. The molecule has 1 aromatic carbocycles. The van der Waals surface area contributed by atoms with Crippen molar-refractivity contribution in [2.24, 2.45) is 0 Å². The number of aliphatic hydroxyl groups is 1. The summed E-state index contributed by atoms with van der Waals surface area (Å²) < 4.78 is 38.2. The number of aromatic nitrogens is 2. The van der Waals surface area contributed by atoms with Gasteiger partial charge >= 0.3 is 6.18 Å². The number of rotatable bonds is 2. The minimum atomic E-state index is -4.42. The Morgan fingerprint density at radius 2 is 1.94 bits per heavy atom. The van der Waals surface area contributed by atoms with Crippen LogP contribution in [0.4, 0.5) is 13.2 Å². The number of hydrogen-bond acceptors (Lipinski definition) is 2. The van der Waals surface area contributed by atoms with Crippen LogP contribution < -0.4 is 0 Å². The number of halogens is 3. The first-order valence-corrected chi connectivity index (χ1v) is 4.83. The van der Waals surface area contributed by atoms with E-state index in [1.54, 1.807) is 0 Å². The molecule has 6 heteroatoms. The zero-order valence-corrected chi connectivity index (χ0v) is 8.62. The molecule has 0 saturated heterocycles. The van der Waals surface area contributed by atoms with Gasteiger partial charge in [-0.15, -0.1) is 0 Å². The molecule has 0 bridgehead atoms. The third kappa shape index (κ3) is 2.31. The van der Waals surface area contributed by atoms with Gasteiger partial charge in [0.05, 0.1) is 17.5 Å². The third-order valence-corrected chi connectivity index (χ3v) is 2.30. The van der Waals surface area contributed by atoms with E-state index >= 15 is 0 Å². The molecule has 2 rings (SSSR count). The van der Waals surface area contributed by atoms with Crippen LogP contribution in [0.3, 0.4) is 0 Å². The van der Waals surface area contributed by atoms with E-state index in [9.17, 15) is 13.2 Å². The summed E-state index contributed by atoms with van der Waals surface area (Å²) in [5.41, 5.74) is -0.470. The van der Waals surface area contributed by atoms with Crippen molar-refractivity contribution in [3.63, 3.8) is 0 Å². The molecular weight excluding hydrogens is 233 g/mol. The number of aliphatic hydroxyl groups excluding tert-OH is 1. The molecule has 2 aromatic rings. The molecule has 0 fully saturated rings. The van der Waals surface area contributed by atoms with Crippen molar-refractivity contribution in [3.05, 3.63) is 41.9 Å². The van der Waals surface area contributed by atoms with Gasteiger partial charge in [0, 0.05) is 5.56 Å². The van der Waals surface area contributed by atoms with Gasteiger partial charge in [-0.05, 0) is 6.07 Å². The fourth-order valence-corrected chi connectivity index (χ4v) is 1.54. The van der Waals surface area contributed by atoms with Crippen molar-refractivity contribution in [3.8, 4) is 11.3 Å². The molecular formula is C11H9F3N2O. The summed E-state index contributed by atoms with van der Waals surface area (Å²) in [6, 6.07) is 5.21. The molecule has 2 N–H and O–H groups in total. The van der Waals surface area contributed by atoms with Crippen LogP contribution in [-0.2, 0) is 12.8 Å². The Morgan fingerprint density at radius 3 is 2.53 bits per heavy atom. The largest absolute Gasteiger partial charge is 0.417 e. The van der Waals surface area contributed by atoms with Crippen molar-refractivity contribution in [1.29, 1.82) is 0 Å². The minimum absolute atomic E-state index is 0.0206. The maximum atomic E-state index is 12.7. The van der Waals surface area contributed by atoms with Crippen LogP contribution in [0.15, 0.2) is 30.5 Å². The van der Waals surface area contributed by atoms with Crippen LogP contribution >= 0.6 is 0 Å². The van der Waals surface area contributed by atoms with Crippen LogP contribution in [0.2, 0.25) is 0 Å². The second-order valence-corrected chi connectivity index (χ2v) is 3.45. The predicted molar refractivity (Wildman–Crippen MR) is 54.9 cm³/mol. The highest BCUT2D eigenvalue weighted by Gasteiger charge is 2.33. The molecule has 0 amide bonds. The van der Waals surface area contributed by atoms with E-state index in [-0.39, 0.29) is 23.7 Å². The van der Waals surface area contributed by atoms with Gasteiger partial charge in [0.25, 0.3) is 0 Å². The lowest BCUT2D eigenvalue weighted by atomic mass is 10.1. The van der Waals surface area contributed by atoms with Crippen LogP contribution in [0.25, 0.3) is 11.3 Å². The van der Waals surface area contributed by atoms with Crippen molar-refractivity contribution >= 4 is 0 Å². The molecule has 0 radical (unpaired) electrons. The highest BCUT2D eigenvalue weighted by molar-refractivity contribution is 5.64. The molecule has 1 aromatic heterocycles. The van der Waals surface area contributed by atoms with E-state index in [1.165, 1.54) is 24.4 Å². The summed E-state index contributed by atoms with van der Waals surface area (Å²) in [6.45, 7) is -0.339. The van der Waals surface area contributed by atoms with Gasteiger partial charge in [0.15, 0.2) is 0 Å². The minimum Gasteiger partial charge on any atom is -0.388 e. The summed E-state index contributed by atoms with van der Waals surface area (Å²) in [4.78, 5) is 6.39. The Balaban J connectivity index is 2.52. The van der Waals surface area contributed by atoms with Crippen molar-refractivity contribution in [2.75, 3.05) is 0 Å². The van der Waals surface area contributed by atoms with Crippen LogP contribution in [0, 0.1) is 0 Å². The lowest BCUT2D eigenvalue weighted by Crippen LogP contribution is -2.06. The predicted octanol–water partition coefficient (Wildman–Crippen LogP) is 2.59. The Kier molecular flexibility index (Phi) is 2.89. The number of alkyl halides is 3. The Hall–Kier alpha value is -1.82. The van der Waals surface area contributed by atoms with Crippen molar-refractivity contribution in [2.45, 2.75) is 12.8 Å². The van der Waals surface area contributed by atoms with Gasteiger partial charge in [-0.2, -0.15) is 13.2 Å². The molecule has 0 aliphatic carbocycles. The normalized spacial score (nSPS) is 11.8. The first-order valence-electron chi connectivity index (χ1n) is 4.83. The van der Waals surface area contributed by atoms with E-state index in [2.05, 4.69) is 9.97 Å². The third-order valence-electron chi connectivity index (χ3n) is 2.30. The van der Waals surface area contributed by atoms with Gasteiger partial charge < -0.3 is 10.1 Å². The second kappa shape index (κ2) is 4.21. The monoisotopic (exact) mass is 242 g/mol. The zero-order chi connectivity index (χ0) is 12.5. The van der Waals surface area contributed by atoms with Crippen LogP contribution in [0.1, 0.15) is 11.4 Å². The van der Waals surface area contributed by atoms with E-state index in [0.717, 1.165) is 6.07 Å². The highest BCUT2D eigenvalue weighted by Crippen LogP contribution is 2.36. The smallest absolute Gasteiger partial charge is 0.388 e. The van der Waals surface area contributed by atoms with Crippen LogP contribution in [-0.4, -0.2) is 15.1 Å². The highest BCUT2D eigenvalue weighted by atomic mass is 19.4. The molecule has 0 atom stereocenters. The standard InChI is InChI=1S/C11H9F3N2O/c12-11(13,14)8-4-2-1-3-7(8)9-5-15-10(6-17)16-9/h1-5,17H,6H2,(H,15,16). The molecule has 0 saturated carbocycles. The zero-order valence-electron chi connectivity index (χ0n) is 8.62. The number of benzene rings is 1. The number of nitrogens with zero attached hydrogens (tertiary/aromatic N) is 1. The Labute approximate surface area is 94.9 Å². The molecule has 1 heterocycles. The van der Waals surface area contributed by atoms with E-state index < -0.39 is 11.7 Å². The number of hydrogen-bond donors (Lipinski definition) is 2. The van der Waals surface area contributed by atoms with E-state index in [1.807, 2.05) is 0 Å². The first kappa shape index (κ1) is 11.7. The van der Waals surface area contributed by atoms with Gasteiger partial charge in [-0.3, -0.25) is 0 Å². The molecule has 0 aliphatic rings. The molecule has 17 heavy (non-hydrogen) atoms. The average molecular weight is 242 g/mol. The summed E-state index contributed by atoms with van der Waals surface area (Å²) in [5.74, 6) is 0.233. The lowest BCUT2D eigenvalue weighted by Gasteiger charge is -2.10. The lowest BCUT2D eigenvalue weighted by molar-refractivity contribution is -0.137. The summed E-state index contributed by atoms with van der Waals surface area (Å²) in [5, 5.41) is 8.81. The van der Waals surface area contributed by atoms with Crippen LogP contribution in [0.5, 0.6) is 0 Å². The Morgan fingerprint density at radius 1 is 1.24 bits per heavy atom. The van der Waals surface area contributed by atoms with E-state index in [0.29, 0.717) is 0 Å². The molecule has 0 aliphatic heterocycles. The van der Waals surface area contributed by atoms with Gasteiger partial charge in [0.2, 0.25) is 0 Å². The number of imidazole rings is 1. The number of nitrogens with one attached hydrogen (secondary N) is 1. The topological polar surface area (TPSA) is 48.9 Å². The second-order valence-electron chi connectivity index (χ2n) is 3.45. The summed E-state index contributed by atoms with van der Waals surface area (Å²) >= 11 is 0. The van der Waals surface area contributed by atoms with Crippen molar-refractivity contribution in [1.82, 2.24) is 9.97 Å². The quantitative estimate of drug-likeness (QED) is 0.850. The molecule has 0 unspecified atom stereocenters. The maximum absolute atomic E-state index is 12.7. The van der Waals surface area contributed by atoms with Gasteiger partial charge in [-0.25, -0.2) is 4.98 Å². The first-order chi connectivity index (χ1) is 8.02. The number of H-pyrrole nitrogens is 1. The molecule has 0 spiro atoms. The summed E-state index contributed by atoms with van der Waals surface area (Å²) in [7, 11) is 0. The maximum Gasteiger partial charge on any atom is 0.417 e. The Bertz CT molecular complexity index is 519.